The lowest BCUT2D eigenvalue weighted by Crippen LogP contribution is -2.27. The van der Waals surface area contributed by atoms with Crippen LogP contribution in [0.2, 0.25) is 0 Å². The smallest absolute Gasteiger partial charge is 0.266 e. The van der Waals surface area contributed by atoms with Crippen molar-refractivity contribution in [1.29, 1.82) is 0 Å². The Morgan fingerprint density at radius 2 is 1.88 bits per heavy atom. The summed E-state index contributed by atoms with van der Waals surface area (Å²) in [6.45, 7) is 8.80. The molecule has 0 spiro atoms. The van der Waals surface area contributed by atoms with E-state index in [9.17, 15) is 9.59 Å². The number of allylic oxidation sites excluding steroid dienone is 2. The number of carbonyl (C=O) groups excluding carboxylic acids is 2. The number of nitrogens with zero attached hydrogens (tertiary/aromatic N) is 2. The number of hydrogen-bond donors (Lipinski definition) is 1. The zero-order valence-corrected chi connectivity index (χ0v) is 21.7. The molecular weight excluding hydrogens is 470 g/mol. The molecule has 8 heteroatoms. The lowest BCUT2D eigenvalue weighted by Gasteiger charge is -2.20. The van der Waals surface area contributed by atoms with Crippen molar-refractivity contribution in [2.24, 2.45) is 0 Å². The average Bonchev–Trinajstić information content (AvgIpc) is 3.25. The maximum atomic E-state index is 12.7. The molecule has 0 bridgehead atoms. The summed E-state index contributed by atoms with van der Waals surface area (Å²) in [5.74, 6) is -0.156. The third-order valence-electron chi connectivity index (χ3n) is 5.35. The Morgan fingerprint density at radius 3 is 2.61 bits per heavy atom. The zero-order valence-electron chi connectivity index (χ0n) is 19.3. The summed E-state index contributed by atoms with van der Waals surface area (Å²) in [5.41, 5.74) is 1.93. The second kappa shape index (κ2) is 12.4. The monoisotopic (exact) mass is 501 g/mol. The normalized spacial score (nSPS) is 17.9. The standard InChI is InChI=1S/C25H31N3O2S3/c1-4-6-7-8-9-10-16-27-20-12-11-19(26-18(3)29)17-22(20)32-23(27)14-13-21-24(30)28(15-5-2)25(31)33-21/h5,11-14,17H,2,4,6-10,15-16H2,1,3H3,(H,26,29)/b21-13+,23-14-. The van der Waals surface area contributed by atoms with Gasteiger partial charge >= 0.3 is 0 Å². The average molecular weight is 502 g/mol. The van der Waals surface area contributed by atoms with Gasteiger partial charge in [-0.15, -0.1) is 6.58 Å². The van der Waals surface area contributed by atoms with Gasteiger partial charge in [0.25, 0.3) is 5.91 Å². The molecule has 176 valence electrons. The van der Waals surface area contributed by atoms with Crippen LogP contribution in [-0.4, -0.2) is 34.1 Å². The van der Waals surface area contributed by atoms with Crippen molar-refractivity contribution in [1.82, 2.24) is 4.90 Å². The lowest BCUT2D eigenvalue weighted by molar-refractivity contribution is -0.121. The van der Waals surface area contributed by atoms with Crippen LogP contribution in [0.1, 0.15) is 52.4 Å². The van der Waals surface area contributed by atoms with Gasteiger partial charge < -0.3 is 10.2 Å². The van der Waals surface area contributed by atoms with Crippen molar-refractivity contribution in [3.05, 3.63) is 52.9 Å². The summed E-state index contributed by atoms with van der Waals surface area (Å²) >= 11 is 8.34. The molecule has 2 aliphatic rings. The number of fused-ring (bicyclic) bond motifs is 1. The molecule has 1 saturated heterocycles. The molecule has 0 atom stereocenters. The summed E-state index contributed by atoms with van der Waals surface area (Å²) in [5, 5.41) is 3.94. The van der Waals surface area contributed by atoms with Gasteiger partial charge in [-0.2, -0.15) is 0 Å². The van der Waals surface area contributed by atoms with E-state index >= 15 is 0 Å². The fourth-order valence-corrected chi connectivity index (χ4v) is 6.08. The van der Waals surface area contributed by atoms with Gasteiger partial charge in [-0.05, 0) is 36.8 Å². The summed E-state index contributed by atoms with van der Waals surface area (Å²) in [6.07, 6.45) is 13.0. The van der Waals surface area contributed by atoms with Crippen LogP contribution in [0.25, 0.3) is 0 Å². The van der Waals surface area contributed by atoms with Gasteiger partial charge in [-0.25, -0.2) is 0 Å². The van der Waals surface area contributed by atoms with Crippen LogP contribution in [0, 0.1) is 0 Å². The Morgan fingerprint density at radius 1 is 1.12 bits per heavy atom. The minimum Gasteiger partial charge on any atom is -0.335 e. The molecule has 1 aromatic carbocycles. The van der Waals surface area contributed by atoms with Crippen LogP contribution < -0.4 is 10.2 Å². The predicted molar refractivity (Wildman–Crippen MR) is 146 cm³/mol. The number of thiocarbonyl (C=S) groups is 1. The van der Waals surface area contributed by atoms with Gasteiger partial charge in [0.2, 0.25) is 5.91 Å². The highest BCUT2D eigenvalue weighted by molar-refractivity contribution is 8.26. The number of amides is 2. The fourth-order valence-electron chi connectivity index (χ4n) is 3.74. The number of rotatable bonds is 11. The van der Waals surface area contributed by atoms with E-state index in [1.54, 1.807) is 22.7 Å². The largest absolute Gasteiger partial charge is 0.335 e. The van der Waals surface area contributed by atoms with E-state index in [0.29, 0.717) is 15.8 Å². The van der Waals surface area contributed by atoms with Crippen molar-refractivity contribution < 1.29 is 9.59 Å². The van der Waals surface area contributed by atoms with Gasteiger partial charge in [0, 0.05) is 30.6 Å². The van der Waals surface area contributed by atoms with E-state index in [2.05, 4.69) is 29.8 Å². The van der Waals surface area contributed by atoms with Crippen LogP contribution in [0.5, 0.6) is 0 Å². The van der Waals surface area contributed by atoms with E-state index in [1.807, 2.05) is 24.3 Å². The minimum atomic E-state index is -0.0841. The van der Waals surface area contributed by atoms with Crippen molar-refractivity contribution >= 4 is 63.3 Å². The number of benzene rings is 1. The Balaban J connectivity index is 1.78. The summed E-state index contributed by atoms with van der Waals surface area (Å²) < 4.78 is 0.566. The van der Waals surface area contributed by atoms with Crippen LogP contribution in [-0.2, 0) is 9.59 Å². The lowest BCUT2D eigenvalue weighted by atomic mass is 10.1. The van der Waals surface area contributed by atoms with Crippen molar-refractivity contribution in [3.63, 3.8) is 0 Å². The predicted octanol–water partition coefficient (Wildman–Crippen LogP) is 6.69. The van der Waals surface area contributed by atoms with E-state index in [1.165, 1.54) is 50.8 Å². The summed E-state index contributed by atoms with van der Waals surface area (Å²) in [6, 6.07) is 6.02. The molecule has 5 nitrogen and oxygen atoms in total. The second-order valence-corrected chi connectivity index (χ2v) is 10.7. The van der Waals surface area contributed by atoms with Crippen LogP contribution >= 0.6 is 35.7 Å². The highest BCUT2D eigenvalue weighted by Gasteiger charge is 2.31. The molecule has 0 unspecified atom stereocenters. The summed E-state index contributed by atoms with van der Waals surface area (Å²) in [4.78, 5) is 29.8. The molecule has 33 heavy (non-hydrogen) atoms. The van der Waals surface area contributed by atoms with Gasteiger partial charge in [-0.1, -0.05) is 80.8 Å². The Hall–Kier alpha value is -2.03. The van der Waals surface area contributed by atoms with E-state index in [-0.39, 0.29) is 11.8 Å². The highest BCUT2D eigenvalue weighted by Crippen LogP contribution is 2.47. The third kappa shape index (κ3) is 6.74. The van der Waals surface area contributed by atoms with Crippen molar-refractivity contribution in [3.8, 4) is 0 Å². The van der Waals surface area contributed by atoms with Gasteiger partial charge in [0.05, 0.1) is 15.6 Å². The maximum Gasteiger partial charge on any atom is 0.266 e. The van der Waals surface area contributed by atoms with Crippen molar-refractivity contribution in [2.45, 2.75) is 57.3 Å². The van der Waals surface area contributed by atoms with Crippen LogP contribution in [0.3, 0.4) is 0 Å². The molecule has 2 heterocycles. The van der Waals surface area contributed by atoms with Gasteiger partial charge in [-0.3, -0.25) is 14.5 Å². The first-order valence-electron chi connectivity index (χ1n) is 11.4. The van der Waals surface area contributed by atoms with E-state index in [4.69, 9.17) is 12.2 Å². The zero-order chi connectivity index (χ0) is 23.8. The first-order valence-corrected chi connectivity index (χ1v) is 13.4. The molecule has 1 aromatic rings. The maximum absolute atomic E-state index is 12.7. The third-order valence-corrected chi connectivity index (χ3v) is 7.86. The molecule has 0 saturated carbocycles. The number of hydrogen-bond acceptors (Lipinski definition) is 6. The van der Waals surface area contributed by atoms with E-state index < -0.39 is 0 Å². The SMILES string of the molecule is C=CCN1C(=O)/C(=C\C=C2/Sc3cc(NC(C)=O)ccc3N2CCCCCCCC)SC1=S. The number of carbonyl (C=O) groups is 2. The summed E-state index contributed by atoms with van der Waals surface area (Å²) in [7, 11) is 0. The molecule has 0 aliphatic carbocycles. The molecule has 1 fully saturated rings. The van der Waals surface area contributed by atoms with Crippen molar-refractivity contribution in [2.75, 3.05) is 23.3 Å². The fraction of sp³-hybridized carbons (Fsp3) is 0.400. The number of thioether (sulfide) groups is 2. The number of unbranched alkanes of at least 4 members (excludes halogenated alkanes) is 5. The van der Waals surface area contributed by atoms with E-state index in [0.717, 1.165) is 34.3 Å². The molecule has 2 aliphatic heterocycles. The molecule has 3 rings (SSSR count). The molecular formula is C25H31N3O2S3. The van der Waals surface area contributed by atoms with Gasteiger partial charge in [0.1, 0.15) is 4.32 Å². The van der Waals surface area contributed by atoms with Crippen LogP contribution in [0.15, 0.2) is 57.8 Å². The van der Waals surface area contributed by atoms with Gasteiger partial charge in [0.15, 0.2) is 0 Å². The molecule has 1 N–H and O–H groups in total. The molecule has 0 radical (unpaired) electrons. The number of anilines is 2. The Labute approximate surface area is 210 Å². The molecule has 2 amide bonds. The number of nitrogens with one attached hydrogen (secondary N) is 1. The topological polar surface area (TPSA) is 52.7 Å². The Bertz CT molecular complexity index is 987. The minimum absolute atomic E-state index is 0.0716. The quantitative estimate of drug-likeness (QED) is 0.158. The van der Waals surface area contributed by atoms with Crippen LogP contribution in [0.4, 0.5) is 11.4 Å². The second-order valence-electron chi connectivity index (χ2n) is 7.99. The highest BCUT2D eigenvalue weighted by atomic mass is 32.2. The first-order chi connectivity index (χ1) is 15.9. The Kier molecular flexibility index (Phi) is 9.64. The molecule has 0 aromatic heterocycles. The first kappa shape index (κ1) is 25.6.